The van der Waals surface area contributed by atoms with Crippen molar-refractivity contribution in [2.75, 3.05) is 51.3 Å². The van der Waals surface area contributed by atoms with Crippen molar-refractivity contribution in [2.45, 2.75) is 26.7 Å². The zero-order chi connectivity index (χ0) is 18.6. The molecule has 7 nitrogen and oxygen atoms in total. The molecule has 1 aromatic rings. The summed E-state index contributed by atoms with van der Waals surface area (Å²) in [5.74, 6) is 0.661. The van der Waals surface area contributed by atoms with E-state index in [4.69, 9.17) is 0 Å². The Kier molecular flexibility index (Phi) is 6.27. The van der Waals surface area contributed by atoms with E-state index in [1.165, 1.54) is 11.9 Å². The number of alkyl halides is 1. The SMILES string of the molecule is Cc1cc(N2CCN(C(=O)C(=O)N(C)CCF)CC2)nc(C(C)C)n1. The summed E-state index contributed by atoms with van der Waals surface area (Å²) in [6.45, 7) is 7.39. The third-order valence-electron chi connectivity index (χ3n) is 4.21. The summed E-state index contributed by atoms with van der Waals surface area (Å²) in [7, 11) is 1.44. The van der Waals surface area contributed by atoms with Crippen molar-refractivity contribution < 1.29 is 14.0 Å². The summed E-state index contributed by atoms with van der Waals surface area (Å²) in [5.41, 5.74) is 0.912. The van der Waals surface area contributed by atoms with Crippen molar-refractivity contribution in [3.63, 3.8) is 0 Å². The lowest BCUT2D eigenvalue weighted by Gasteiger charge is -2.35. The normalized spacial score (nSPS) is 14.8. The van der Waals surface area contributed by atoms with E-state index in [9.17, 15) is 14.0 Å². The van der Waals surface area contributed by atoms with Gasteiger partial charge in [-0.2, -0.15) is 0 Å². The molecule has 2 amide bonds. The van der Waals surface area contributed by atoms with E-state index in [-0.39, 0.29) is 12.5 Å². The van der Waals surface area contributed by atoms with Crippen LogP contribution in [0.2, 0.25) is 0 Å². The second-order valence-electron chi connectivity index (χ2n) is 6.58. The maximum absolute atomic E-state index is 12.3. The number of aryl methyl sites for hydroxylation is 1. The number of anilines is 1. The molecule has 0 unspecified atom stereocenters. The third kappa shape index (κ3) is 4.64. The van der Waals surface area contributed by atoms with Gasteiger partial charge in [0.25, 0.3) is 0 Å². The van der Waals surface area contributed by atoms with Gasteiger partial charge in [-0.1, -0.05) is 13.8 Å². The fraction of sp³-hybridized carbons (Fsp3) is 0.647. The van der Waals surface area contributed by atoms with Crippen molar-refractivity contribution >= 4 is 17.6 Å². The Labute approximate surface area is 147 Å². The largest absolute Gasteiger partial charge is 0.353 e. The molecule has 0 spiro atoms. The van der Waals surface area contributed by atoms with Crippen LogP contribution in [0.1, 0.15) is 31.3 Å². The minimum Gasteiger partial charge on any atom is -0.353 e. The van der Waals surface area contributed by atoms with E-state index < -0.39 is 18.5 Å². The number of nitrogens with zero attached hydrogens (tertiary/aromatic N) is 5. The Morgan fingerprint density at radius 1 is 1.24 bits per heavy atom. The highest BCUT2D eigenvalue weighted by molar-refractivity contribution is 6.34. The summed E-state index contributed by atoms with van der Waals surface area (Å²) in [5, 5.41) is 0. The number of carbonyl (C=O) groups excluding carboxylic acids is 2. The molecule has 0 saturated carbocycles. The van der Waals surface area contributed by atoms with Crippen molar-refractivity contribution in [2.24, 2.45) is 0 Å². The minimum atomic E-state index is -0.661. The van der Waals surface area contributed by atoms with Crippen LogP contribution in [-0.4, -0.2) is 78.0 Å². The first-order valence-electron chi connectivity index (χ1n) is 8.54. The summed E-state index contributed by atoms with van der Waals surface area (Å²) in [6.07, 6.45) is 0. The molecule has 1 fully saturated rings. The molecule has 0 aliphatic carbocycles. The number of amides is 2. The van der Waals surface area contributed by atoms with E-state index in [0.717, 1.165) is 22.2 Å². The van der Waals surface area contributed by atoms with Gasteiger partial charge in [0.15, 0.2) is 0 Å². The highest BCUT2D eigenvalue weighted by Gasteiger charge is 2.28. The first-order chi connectivity index (χ1) is 11.8. The van der Waals surface area contributed by atoms with Gasteiger partial charge in [0.05, 0.1) is 0 Å². The van der Waals surface area contributed by atoms with E-state index in [2.05, 4.69) is 28.7 Å². The Bertz CT molecular complexity index is 629. The van der Waals surface area contributed by atoms with Crippen LogP contribution >= 0.6 is 0 Å². The van der Waals surface area contributed by atoms with Crippen molar-refractivity contribution in [1.82, 2.24) is 19.8 Å². The maximum Gasteiger partial charge on any atom is 0.312 e. The molecule has 2 heterocycles. The number of likely N-dealkylation sites (N-methyl/N-ethyl adjacent to an activating group) is 1. The highest BCUT2D eigenvalue weighted by atomic mass is 19.1. The predicted molar refractivity (Wildman–Crippen MR) is 93.3 cm³/mol. The quantitative estimate of drug-likeness (QED) is 0.757. The smallest absolute Gasteiger partial charge is 0.312 e. The van der Waals surface area contributed by atoms with Crippen LogP contribution in [0.5, 0.6) is 0 Å². The predicted octanol–water partition coefficient (Wildman–Crippen LogP) is 0.985. The lowest BCUT2D eigenvalue weighted by molar-refractivity contribution is -0.151. The first kappa shape index (κ1) is 19.1. The summed E-state index contributed by atoms with van der Waals surface area (Å²) in [6, 6.07) is 1.93. The van der Waals surface area contributed by atoms with Crippen LogP contribution in [0.15, 0.2) is 6.07 Å². The Morgan fingerprint density at radius 2 is 1.88 bits per heavy atom. The van der Waals surface area contributed by atoms with Crippen molar-refractivity contribution in [3.8, 4) is 0 Å². The molecular weight excluding hydrogens is 325 g/mol. The van der Waals surface area contributed by atoms with Gasteiger partial charge < -0.3 is 14.7 Å². The Hall–Kier alpha value is -2.25. The molecular formula is C17H26FN5O2. The van der Waals surface area contributed by atoms with E-state index in [1.54, 1.807) is 0 Å². The number of rotatable bonds is 4. The van der Waals surface area contributed by atoms with Gasteiger partial charge in [-0.25, -0.2) is 14.4 Å². The van der Waals surface area contributed by atoms with Gasteiger partial charge in [0, 0.05) is 57.4 Å². The standard InChI is InChI=1S/C17H26FN5O2/c1-12(2)15-19-13(3)11-14(20-15)22-7-9-23(10-8-22)17(25)16(24)21(4)6-5-18/h11-12H,5-10H2,1-4H3. The molecule has 0 N–H and O–H groups in total. The summed E-state index contributed by atoms with van der Waals surface area (Å²) in [4.78, 5) is 38.0. The molecule has 2 rings (SSSR count). The second-order valence-corrected chi connectivity index (χ2v) is 6.58. The maximum atomic E-state index is 12.3. The summed E-state index contributed by atoms with van der Waals surface area (Å²) < 4.78 is 12.3. The first-order valence-corrected chi connectivity index (χ1v) is 8.54. The van der Waals surface area contributed by atoms with Gasteiger partial charge in [-0.15, -0.1) is 0 Å². The monoisotopic (exact) mass is 351 g/mol. The van der Waals surface area contributed by atoms with E-state index in [1.807, 2.05) is 13.0 Å². The van der Waals surface area contributed by atoms with Crippen LogP contribution in [0.4, 0.5) is 10.2 Å². The van der Waals surface area contributed by atoms with Crippen LogP contribution in [0.25, 0.3) is 0 Å². The lowest BCUT2D eigenvalue weighted by Crippen LogP contribution is -2.53. The van der Waals surface area contributed by atoms with E-state index in [0.29, 0.717) is 26.2 Å². The molecule has 0 bridgehead atoms. The average molecular weight is 351 g/mol. The molecule has 8 heteroatoms. The van der Waals surface area contributed by atoms with Gasteiger partial charge >= 0.3 is 11.8 Å². The zero-order valence-corrected chi connectivity index (χ0v) is 15.3. The molecule has 138 valence electrons. The fourth-order valence-electron chi connectivity index (χ4n) is 2.66. The van der Waals surface area contributed by atoms with Crippen LogP contribution < -0.4 is 4.90 Å². The Balaban J connectivity index is 2.00. The van der Waals surface area contributed by atoms with Crippen LogP contribution in [0, 0.1) is 6.92 Å². The van der Waals surface area contributed by atoms with Crippen molar-refractivity contribution in [1.29, 1.82) is 0 Å². The second kappa shape index (κ2) is 8.22. The molecule has 0 atom stereocenters. The summed E-state index contributed by atoms with van der Waals surface area (Å²) >= 11 is 0. The number of hydrogen-bond acceptors (Lipinski definition) is 5. The number of hydrogen-bond donors (Lipinski definition) is 0. The molecule has 0 radical (unpaired) electrons. The van der Waals surface area contributed by atoms with Crippen LogP contribution in [0.3, 0.4) is 0 Å². The number of halogens is 1. The van der Waals surface area contributed by atoms with Gasteiger partial charge in [0.2, 0.25) is 0 Å². The molecule has 1 aliphatic rings. The number of aromatic nitrogens is 2. The Morgan fingerprint density at radius 3 is 2.44 bits per heavy atom. The molecule has 25 heavy (non-hydrogen) atoms. The topological polar surface area (TPSA) is 69.6 Å². The number of carbonyl (C=O) groups is 2. The van der Waals surface area contributed by atoms with Gasteiger partial charge in [-0.3, -0.25) is 9.59 Å². The lowest BCUT2D eigenvalue weighted by atomic mass is 10.2. The van der Waals surface area contributed by atoms with E-state index >= 15 is 0 Å². The molecule has 1 saturated heterocycles. The van der Waals surface area contributed by atoms with Gasteiger partial charge in [0.1, 0.15) is 18.3 Å². The van der Waals surface area contributed by atoms with Crippen molar-refractivity contribution in [3.05, 3.63) is 17.6 Å². The zero-order valence-electron chi connectivity index (χ0n) is 15.3. The number of piperazine rings is 1. The fourth-order valence-corrected chi connectivity index (χ4v) is 2.66. The average Bonchev–Trinajstić information content (AvgIpc) is 2.60. The minimum absolute atomic E-state index is 0.0667. The molecule has 1 aliphatic heterocycles. The highest BCUT2D eigenvalue weighted by Crippen LogP contribution is 2.18. The molecule has 0 aromatic carbocycles. The van der Waals surface area contributed by atoms with Gasteiger partial charge in [-0.05, 0) is 6.92 Å². The third-order valence-corrected chi connectivity index (χ3v) is 4.21. The molecule has 1 aromatic heterocycles. The van der Waals surface area contributed by atoms with Crippen LogP contribution in [-0.2, 0) is 9.59 Å².